The lowest BCUT2D eigenvalue weighted by Gasteiger charge is -2.40. The topological polar surface area (TPSA) is 61.5 Å². The van der Waals surface area contributed by atoms with Crippen molar-refractivity contribution in [2.24, 2.45) is 0 Å². The van der Waals surface area contributed by atoms with E-state index in [-0.39, 0.29) is 0 Å². The van der Waals surface area contributed by atoms with Gasteiger partial charge in [-0.3, -0.25) is 4.90 Å². The van der Waals surface area contributed by atoms with Gasteiger partial charge in [0.2, 0.25) is 0 Å². The molecule has 0 bridgehead atoms. The molecule has 1 aromatic rings. The van der Waals surface area contributed by atoms with E-state index < -0.39 is 11.7 Å². The molecule has 2 heterocycles. The molecule has 112 valence electrons. The Labute approximate surface area is 120 Å². The van der Waals surface area contributed by atoms with Crippen molar-refractivity contribution in [3.8, 4) is 0 Å². The van der Waals surface area contributed by atoms with Gasteiger partial charge in [0.15, 0.2) is 0 Å². The van der Waals surface area contributed by atoms with Crippen molar-refractivity contribution < 1.29 is 10.2 Å². The fourth-order valence-corrected chi connectivity index (χ4v) is 3.42. The second-order valence-corrected chi connectivity index (χ2v) is 6.59. The zero-order valence-electron chi connectivity index (χ0n) is 12.2. The lowest BCUT2D eigenvalue weighted by Crippen LogP contribution is -2.53. The summed E-state index contributed by atoms with van der Waals surface area (Å²) in [4.78, 5) is 6.52. The first kappa shape index (κ1) is 14.0. The summed E-state index contributed by atoms with van der Waals surface area (Å²) in [6.45, 7) is 3.88. The Morgan fingerprint density at radius 3 is 2.85 bits per heavy atom. The Morgan fingerprint density at radius 2 is 2.15 bits per heavy atom. The molecule has 20 heavy (non-hydrogen) atoms. The maximum absolute atomic E-state index is 10.0. The minimum atomic E-state index is -0.942. The van der Waals surface area contributed by atoms with Crippen molar-refractivity contribution in [2.45, 2.75) is 63.3 Å². The number of aliphatic hydroxyl groups excluding tert-OH is 1. The number of piperidine rings is 1. The summed E-state index contributed by atoms with van der Waals surface area (Å²) in [5, 5.41) is 20.0. The molecule has 0 spiro atoms. The number of hydrogen-bond donors (Lipinski definition) is 2. The van der Waals surface area contributed by atoms with E-state index in [0.717, 1.165) is 13.1 Å². The van der Waals surface area contributed by atoms with Crippen molar-refractivity contribution in [1.82, 2.24) is 14.5 Å². The van der Waals surface area contributed by atoms with E-state index in [1.165, 1.54) is 31.4 Å². The van der Waals surface area contributed by atoms with Crippen molar-refractivity contribution in [3.63, 3.8) is 0 Å². The van der Waals surface area contributed by atoms with E-state index in [4.69, 9.17) is 0 Å². The molecule has 1 saturated heterocycles. The van der Waals surface area contributed by atoms with Crippen LogP contribution in [-0.4, -0.2) is 49.5 Å². The molecule has 3 rings (SSSR count). The Balaban J connectivity index is 1.65. The van der Waals surface area contributed by atoms with Gasteiger partial charge in [0, 0.05) is 31.9 Å². The van der Waals surface area contributed by atoms with Gasteiger partial charge in [-0.1, -0.05) is 12.8 Å². The van der Waals surface area contributed by atoms with Gasteiger partial charge >= 0.3 is 0 Å². The smallest absolute Gasteiger partial charge is 0.0951 e. The molecule has 0 aromatic carbocycles. The summed E-state index contributed by atoms with van der Waals surface area (Å²) >= 11 is 0. The number of rotatable bonds is 3. The predicted molar refractivity (Wildman–Crippen MR) is 76.3 cm³/mol. The van der Waals surface area contributed by atoms with Crippen molar-refractivity contribution in [2.75, 3.05) is 13.1 Å². The number of β-amino-alcohol motifs (C(OH)–C–C–N with tert-alkyl or cyclic N) is 1. The van der Waals surface area contributed by atoms with Gasteiger partial charge in [-0.25, -0.2) is 4.98 Å². The molecule has 5 nitrogen and oxygen atoms in total. The van der Waals surface area contributed by atoms with Gasteiger partial charge < -0.3 is 14.8 Å². The summed E-state index contributed by atoms with van der Waals surface area (Å²) in [7, 11) is 0. The second kappa shape index (κ2) is 5.47. The molecule has 2 fully saturated rings. The monoisotopic (exact) mass is 279 g/mol. The molecular weight excluding hydrogens is 254 g/mol. The summed E-state index contributed by atoms with van der Waals surface area (Å²) in [5.41, 5.74) is 0.285. The van der Waals surface area contributed by atoms with Crippen molar-refractivity contribution >= 4 is 0 Å². The highest BCUT2D eigenvalue weighted by Crippen LogP contribution is 2.31. The Hall–Kier alpha value is -0.910. The number of imidazole rings is 1. The standard InChI is InChI=1S/C15H25N3O2/c1-15(20)6-7-17(10-14(15)19)9-13-8-16-11-18(13)12-4-2-3-5-12/h8,11-12,14,19-20H,2-7,9-10H2,1H3. The first-order valence-electron chi connectivity index (χ1n) is 7.70. The Bertz CT molecular complexity index is 452. The maximum atomic E-state index is 10.0. The molecule has 2 unspecified atom stereocenters. The van der Waals surface area contributed by atoms with Crippen LogP contribution in [0.1, 0.15) is 50.8 Å². The molecule has 0 amide bonds. The largest absolute Gasteiger partial charge is 0.389 e. The summed E-state index contributed by atoms with van der Waals surface area (Å²) < 4.78 is 2.31. The molecule has 1 aromatic heterocycles. The third-order valence-corrected chi connectivity index (χ3v) is 4.93. The average molecular weight is 279 g/mol. The molecule has 1 aliphatic heterocycles. The lowest BCUT2D eigenvalue weighted by molar-refractivity contribution is -0.108. The third kappa shape index (κ3) is 2.75. The summed E-state index contributed by atoms with van der Waals surface area (Å²) in [5.74, 6) is 0. The highest BCUT2D eigenvalue weighted by Gasteiger charge is 2.36. The van der Waals surface area contributed by atoms with Gasteiger partial charge in [0.05, 0.1) is 23.7 Å². The molecular formula is C15H25N3O2. The molecule has 5 heteroatoms. The highest BCUT2D eigenvalue weighted by atomic mass is 16.3. The third-order valence-electron chi connectivity index (χ3n) is 4.93. The van der Waals surface area contributed by atoms with E-state index in [2.05, 4.69) is 14.5 Å². The summed E-state index contributed by atoms with van der Waals surface area (Å²) in [6, 6.07) is 0.602. The Kier molecular flexibility index (Phi) is 3.84. The van der Waals surface area contributed by atoms with Crippen LogP contribution in [0.15, 0.2) is 12.5 Å². The number of likely N-dealkylation sites (tertiary alicyclic amines) is 1. The van der Waals surface area contributed by atoms with Gasteiger partial charge in [-0.15, -0.1) is 0 Å². The van der Waals surface area contributed by atoms with E-state index in [9.17, 15) is 10.2 Å². The second-order valence-electron chi connectivity index (χ2n) is 6.59. The highest BCUT2D eigenvalue weighted by molar-refractivity contribution is 5.03. The van der Waals surface area contributed by atoms with Gasteiger partial charge in [0.25, 0.3) is 0 Å². The molecule has 2 aliphatic rings. The minimum absolute atomic E-state index is 0.531. The number of aliphatic hydroxyl groups is 2. The van der Waals surface area contributed by atoms with Crippen LogP contribution in [0.4, 0.5) is 0 Å². The lowest BCUT2D eigenvalue weighted by atomic mass is 9.91. The van der Waals surface area contributed by atoms with Crippen LogP contribution in [0.5, 0.6) is 0 Å². The quantitative estimate of drug-likeness (QED) is 0.876. The molecule has 1 aliphatic carbocycles. The number of hydrogen-bond acceptors (Lipinski definition) is 4. The average Bonchev–Trinajstić information content (AvgIpc) is 3.04. The number of aromatic nitrogens is 2. The zero-order valence-corrected chi connectivity index (χ0v) is 12.2. The first-order valence-corrected chi connectivity index (χ1v) is 7.70. The van der Waals surface area contributed by atoms with Crippen LogP contribution < -0.4 is 0 Å². The van der Waals surface area contributed by atoms with Gasteiger partial charge in [-0.2, -0.15) is 0 Å². The SMILES string of the molecule is CC1(O)CCN(Cc2cncn2C2CCCC2)CC1O. The molecule has 1 saturated carbocycles. The van der Waals surface area contributed by atoms with E-state index in [0.29, 0.717) is 19.0 Å². The van der Waals surface area contributed by atoms with Crippen molar-refractivity contribution in [3.05, 3.63) is 18.2 Å². The molecule has 2 N–H and O–H groups in total. The van der Waals surface area contributed by atoms with E-state index in [1.807, 2.05) is 12.5 Å². The summed E-state index contributed by atoms with van der Waals surface area (Å²) in [6.07, 6.45) is 8.97. The van der Waals surface area contributed by atoms with Gasteiger partial charge in [-0.05, 0) is 26.2 Å². The molecule has 2 atom stereocenters. The fraction of sp³-hybridized carbons (Fsp3) is 0.800. The Morgan fingerprint density at radius 1 is 1.40 bits per heavy atom. The maximum Gasteiger partial charge on any atom is 0.0951 e. The van der Waals surface area contributed by atoms with Crippen LogP contribution in [0.3, 0.4) is 0 Å². The minimum Gasteiger partial charge on any atom is -0.389 e. The van der Waals surface area contributed by atoms with Crippen molar-refractivity contribution in [1.29, 1.82) is 0 Å². The predicted octanol–water partition coefficient (Wildman–Crippen LogP) is 1.32. The van der Waals surface area contributed by atoms with Crippen LogP contribution >= 0.6 is 0 Å². The first-order chi connectivity index (χ1) is 9.56. The fourth-order valence-electron chi connectivity index (χ4n) is 3.42. The van der Waals surface area contributed by atoms with Gasteiger partial charge in [0.1, 0.15) is 0 Å². The molecule has 0 radical (unpaired) electrons. The normalized spacial score (nSPS) is 32.9. The van der Waals surface area contributed by atoms with Crippen LogP contribution in [-0.2, 0) is 6.54 Å². The van der Waals surface area contributed by atoms with Crippen LogP contribution in [0.25, 0.3) is 0 Å². The zero-order chi connectivity index (χ0) is 14.2. The van der Waals surface area contributed by atoms with Crippen LogP contribution in [0, 0.1) is 0 Å². The van der Waals surface area contributed by atoms with E-state index >= 15 is 0 Å². The number of nitrogens with zero attached hydrogens (tertiary/aromatic N) is 3. The van der Waals surface area contributed by atoms with E-state index in [1.54, 1.807) is 6.92 Å². The van der Waals surface area contributed by atoms with Crippen LogP contribution in [0.2, 0.25) is 0 Å².